The molecule has 136 valence electrons. The highest BCUT2D eigenvalue weighted by atomic mass is 35.5. The summed E-state index contributed by atoms with van der Waals surface area (Å²) in [4.78, 5) is 12.4. The molecule has 2 saturated heterocycles. The number of aliphatic hydroxyl groups is 1. The molecule has 3 atom stereocenters. The topological polar surface area (TPSA) is 98.7 Å². The Morgan fingerprint density at radius 1 is 1.35 bits per heavy atom. The van der Waals surface area contributed by atoms with Crippen LogP contribution in [-0.2, 0) is 14.8 Å². The Hall–Kier alpha value is -0.410. The zero-order valence-electron chi connectivity index (χ0n) is 13.5. The van der Waals surface area contributed by atoms with Gasteiger partial charge in [0, 0.05) is 32.1 Å². The summed E-state index contributed by atoms with van der Waals surface area (Å²) < 4.78 is 26.0. The van der Waals surface area contributed by atoms with Gasteiger partial charge in [-0.15, -0.1) is 12.4 Å². The van der Waals surface area contributed by atoms with Crippen LogP contribution in [0.3, 0.4) is 0 Å². The quantitative estimate of drug-likeness (QED) is 0.597. The molecule has 0 saturated carbocycles. The first-order valence-electron chi connectivity index (χ1n) is 8.11. The van der Waals surface area contributed by atoms with Crippen LogP contribution in [0.4, 0.5) is 0 Å². The van der Waals surface area contributed by atoms with Crippen molar-refractivity contribution in [2.45, 2.75) is 44.8 Å². The molecule has 0 aliphatic carbocycles. The SMILES string of the molecule is CCCS(=O)(=O)N1CCCCC1C(=O)NCC1CNCC1O.Cl. The molecule has 1 amide bonds. The Morgan fingerprint density at radius 3 is 2.70 bits per heavy atom. The van der Waals surface area contributed by atoms with Gasteiger partial charge in [0.25, 0.3) is 0 Å². The first-order chi connectivity index (χ1) is 10.5. The number of nitrogens with zero attached hydrogens (tertiary/aromatic N) is 1. The second-order valence-corrected chi connectivity index (χ2v) is 8.21. The van der Waals surface area contributed by atoms with Crippen LogP contribution in [0.25, 0.3) is 0 Å². The van der Waals surface area contributed by atoms with E-state index >= 15 is 0 Å². The van der Waals surface area contributed by atoms with Gasteiger partial charge >= 0.3 is 0 Å². The second-order valence-electron chi connectivity index (χ2n) is 6.17. The molecule has 2 aliphatic heterocycles. The lowest BCUT2D eigenvalue weighted by Crippen LogP contribution is -2.53. The van der Waals surface area contributed by atoms with E-state index in [1.54, 1.807) is 0 Å². The minimum absolute atomic E-state index is 0. The van der Waals surface area contributed by atoms with Crippen molar-refractivity contribution < 1.29 is 18.3 Å². The van der Waals surface area contributed by atoms with Gasteiger partial charge in [-0.3, -0.25) is 4.79 Å². The molecule has 2 fully saturated rings. The smallest absolute Gasteiger partial charge is 0.238 e. The van der Waals surface area contributed by atoms with E-state index in [9.17, 15) is 18.3 Å². The average molecular weight is 370 g/mol. The zero-order valence-corrected chi connectivity index (χ0v) is 15.2. The Bertz CT molecular complexity index is 488. The number of nitrogens with one attached hydrogen (secondary N) is 2. The third-order valence-electron chi connectivity index (χ3n) is 4.42. The maximum Gasteiger partial charge on any atom is 0.238 e. The van der Waals surface area contributed by atoms with E-state index in [0.29, 0.717) is 39.0 Å². The first-order valence-corrected chi connectivity index (χ1v) is 9.72. The third-order valence-corrected chi connectivity index (χ3v) is 6.49. The number of carbonyl (C=O) groups excluding carboxylic acids is 1. The molecule has 2 aliphatic rings. The molecule has 9 heteroatoms. The fourth-order valence-electron chi connectivity index (χ4n) is 3.15. The molecular formula is C14H28ClN3O4S. The largest absolute Gasteiger partial charge is 0.391 e. The highest BCUT2D eigenvalue weighted by Gasteiger charge is 2.36. The van der Waals surface area contributed by atoms with Gasteiger partial charge < -0.3 is 15.7 Å². The van der Waals surface area contributed by atoms with Gasteiger partial charge in [0.1, 0.15) is 6.04 Å². The van der Waals surface area contributed by atoms with Crippen LogP contribution < -0.4 is 10.6 Å². The maximum atomic E-state index is 12.4. The molecule has 0 aromatic rings. The maximum absolute atomic E-state index is 12.4. The summed E-state index contributed by atoms with van der Waals surface area (Å²) in [7, 11) is -3.36. The number of aliphatic hydroxyl groups excluding tert-OH is 1. The molecule has 0 radical (unpaired) electrons. The minimum Gasteiger partial charge on any atom is -0.391 e. The van der Waals surface area contributed by atoms with E-state index in [1.807, 2.05) is 6.92 Å². The van der Waals surface area contributed by atoms with Crippen molar-refractivity contribution >= 4 is 28.3 Å². The molecule has 2 heterocycles. The number of halogens is 1. The van der Waals surface area contributed by atoms with Gasteiger partial charge in [-0.1, -0.05) is 13.3 Å². The second kappa shape index (κ2) is 9.17. The van der Waals surface area contributed by atoms with Gasteiger partial charge in [-0.25, -0.2) is 8.42 Å². The van der Waals surface area contributed by atoms with Gasteiger partial charge in [-0.2, -0.15) is 4.31 Å². The van der Waals surface area contributed by atoms with E-state index in [1.165, 1.54) is 4.31 Å². The zero-order chi connectivity index (χ0) is 16.2. The number of β-amino-alcohol motifs (C(OH)–C–C–N with tert-alkyl or cyclic N) is 1. The summed E-state index contributed by atoms with van der Waals surface area (Å²) in [6, 6.07) is -0.600. The van der Waals surface area contributed by atoms with Crippen LogP contribution in [0.2, 0.25) is 0 Å². The van der Waals surface area contributed by atoms with Crippen LogP contribution in [0.15, 0.2) is 0 Å². The predicted molar refractivity (Wildman–Crippen MR) is 91.0 cm³/mol. The molecule has 23 heavy (non-hydrogen) atoms. The van der Waals surface area contributed by atoms with Crippen LogP contribution in [0, 0.1) is 5.92 Å². The molecule has 2 rings (SSSR count). The van der Waals surface area contributed by atoms with Crippen molar-refractivity contribution in [3.05, 3.63) is 0 Å². The normalized spacial score (nSPS) is 29.0. The summed E-state index contributed by atoms with van der Waals surface area (Å²) >= 11 is 0. The molecule has 0 bridgehead atoms. The van der Waals surface area contributed by atoms with Gasteiger partial charge in [0.05, 0.1) is 11.9 Å². The number of hydrogen-bond donors (Lipinski definition) is 3. The number of carbonyl (C=O) groups is 1. The lowest BCUT2D eigenvalue weighted by molar-refractivity contribution is -0.126. The summed E-state index contributed by atoms with van der Waals surface area (Å²) in [6.45, 7) is 3.84. The Balaban J connectivity index is 0.00000264. The molecule has 0 spiro atoms. The van der Waals surface area contributed by atoms with Crippen LogP contribution in [-0.4, -0.2) is 67.8 Å². The fourth-order valence-corrected chi connectivity index (χ4v) is 4.90. The highest BCUT2D eigenvalue weighted by molar-refractivity contribution is 7.89. The standard InChI is InChI=1S/C14H27N3O4S.ClH/c1-2-7-22(20,21)17-6-4-3-5-12(17)14(19)16-9-11-8-15-10-13(11)18;/h11-13,15,18H,2-10H2,1H3,(H,16,19);1H. The van der Waals surface area contributed by atoms with E-state index in [-0.39, 0.29) is 30.0 Å². The first kappa shape index (κ1) is 20.6. The Labute approximate surface area is 144 Å². The van der Waals surface area contributed by atoms with Crippen molar-refractivity contribution in [2.24, 2.45) is 5.92 Å². The molecule has 3 N–H and O–H groups in total. The van der Waals surface area contributed by atoms with E-state index in [4.69, 9.17) is 0 Å². The van der Waals surface area contributed by atoms with Crippen LogP contribution in [0.1, 0.15) is 32.6 Å². The average Bonchev–Trinajstić information content (AvgIpc) is 2.90. The summed E-state index contributed by atoms with van der Waals surface area (Å²) in [5, 5.41) is 15.6. The monoisotopic (exact) mass is 369 g/mol. The van der Waals surface area contributed by atoms with Crippen molar-refractivity contribution in [3.63, 3.8) is 0 Å². The van der Waals surface area contributed by atoms with Crippen LogP contribution >= 0.6 is 12.4 Å². The number of rotatable bonds is 6. The molecule has 3 unspecified atom stereocenters. The van der Waals surface area contributed by atoms with E-state index in [0.717, 1.165) is 12.8 Å². The van der Waals surface area contributed by atoms with E-state index in [2.05, 4.69) is 10.6 Å². The molecule has 0 aromatic carbocycles. The third kappa shape index (κ3) is 5.29. The van der Waals surface area contributed by atoms with Crippen molar-refractivity contribution in [3.8, 4) is 0 Å². The summed E-state index contributed by atoms with van der Waals surface area (Å²) in [5.74, 6) is -0.158. The van der Waals surface area contributed by atoms with Crippen molar-refractivity contribution in [1.82, 2.24) is 14.9 Å². The number of sulfonamides is 1. The lowest BCUT2D eigenvalue weighted by atomic mass is 10.0. The minimum atomic E-state index is -3.36. The number of amides is 1. The Kier molecular flexibility index (Phi) is 8.23. The molecular weight excluding hydrogens is 342 g/mol. The molecule has 7 nitrogen and oxygen atoms in total. The van der Waals surface area contributed by atoms with Crippen LogP contribution in [0.5, 0.6) is 0 Å². The summed E-state index contributed by atoms with van der Waals surface area (Å²) in [6.07, 6.45) is 2.33. The summed E-state index contributed by atoms with van der Waals surface area (Å²) in [5.41, 5.74) is 0. The highest BCUT2D eigenvalue weighted by Crippen LogP contribution is 2.21. The van der Waals surface area contributed by atoms with Crippen molar-refractivity contribution in [1.29, 1.82) is 0 Å². The van der Waals surface area contributed by atoms with E-state index < -0.39 is 22.2 Å². The van der Waals surface area contributed by atoms with Gasteiger partial charge in [0.2, 0.25) is 15.9 Å². The number of piperidine rings is 1. The van der Waals surface area contributed by atoms with Crippen molar-refractivity contribution in [2.75, 3.05) is 31.9 Å². The van der Waals surface area contributed by atoms with Gasteiger partial charge in [-0.05, 0) is 19.3 Å². The Morgan fingerprint density at radius 2 is 2.09 bits per heavy atom. The number of hydrogen-bond acceptors (Lipinski definition) is 5. The predicted octanol–water partition coefficient (Wildman–Crippen LogP) is -0.301. The fraction of sp³-hybridized carbons (Fsp3) is 0.929. The van der Waals surface area contributed by atoms with Gasteiger partial charge in [0.15, 0.2) is 0 Å². The lowest BCUT2D eigenvalue weighted by Gasteiger charge is -2.33. The molecule has 0 aromatic heterocycles.